The molecule has 1 unspecified atom stereocenters. The molecule has 0 saturated carbocycles. The minimum absolute atomic E-state index is 0.0316. The zero-order valence-electron chi connectivity index (χ0n) is 5.25. The van der Waals surface area contributed by atoms with Crippen molar-refractivity contribution < 1.29 is 14.3 Å². The van der Waals surface area contributed by atoms with Gasteiger partial charge in [-0.2, -0.15) is 0 Å². The summed E-state index contributed by atoms with van der Waals surface area (Å²) < 4.78 is 12.9. The van der Waals surface area contributed by atoms with Gasteiger partial charge in [0.25, 0.3) is 0 Å². The molecule has 60 valence electrons. The van der Waals surface area contributed by atoms with Gasteiger partial charge in [-0.25, -0.2) is 9.18 Å². The van der Waals surface area contributed by atoms with Crippen LogP contribution in [0.3, 0.4) is 0 Å². The van der Waals surface area contributed by atoms with Crippen LogP contribution in [0.4, 0.5) is 4.39 Å². The number of carboxylic acid groups (broad SMARTS) is 1. The van der Waals surface area contributed by atoms with E-state index in [0.717, 1.165) is 11.3 Å². The second kappa shape index (κ2) is 3.19. The second-order valence-corrected chi connectivity index (χ2v) is 3.37. The molecule has 0 saturated heterocycles. The Morgan fingerprint density at radius 1 is 1.82 bits per heavy atom. The molecule has 11 heavy (non-hydrogen) atoms. The van der Waals surface area contributed by atoms with Crippen molar-refractivity contribution in [2.75, 3.05) is 0 Å². The van der Waals surface area contributed by atoms with Crippen molar-refractivity contribution in [1.29, 1.82) is 0 Å². The Kier molecular flexibility index (Phi) is 2.46. The first-order valence-electron chi connectivity index (χ1n) is 2.72. The van der Waals surface area contributed by atoms with Crippen LogP contribution in [0.2, 0.25) is 4.34 Å². The topological polar surface area (TPSA) is 37.3 Å². The van der Waals surface area contributed by atoms with Crippen LogP contribution in [0.15, 0.2) is 11.4 Å². The van der Waals surface area contributed by atoms with Crippen molar-refractivity contribution in [2.45, 2.75) is 6.17 Å². The lowest BCUT2D eigenvalue weighted by Gasteiger charge is -1.98. The molecule has 1 N–H and O–H groups in total. The molecule has 1 aromatic heterocycles. The number of carbonyl (C=O) groups is 1. The smallest absolute Gasteiger partial charge is 0.343 e. The van der Waals surface area contributed by atoms with E-state index in [1.807, 2.05) is 0 Å². The van der Waals surface area contributed by atoms with E-state index in [9.17, 15) is 9.18 Å². The summed E-state index contributed by atoms with van der Waals surface area (Å²) in [5.41, 5.74) is 0.0316. The van der Waals surface area contributed by atoms with Crippen molar-refractivity contribution in [3.8, 4) is 0 Å². The quantitative estimate of drug-likeness (QED) is 0.786. The van der Waals surface area contributed by atoms with E-state index in [4.69, 9.17) is 16.7 Å². The second-order valence-electron chi connectivity index (χ2n) is 1.85. The van der Waals surface area contributed by atoms with Gasteiger partial charge in [-0.1, -0.05) is 11.6 Å². The van der Waals surface area contributed by atoms with E-state index in [1.54, 1.807) is 5.38 Å². The van der Waals surface area contributed by atoms with Crippen molar-refractivity contribution in [1.82, 2.24) is 0 Å². The highest BCUT2D eigenvalue weighted by Gasteiger charge is 2.21. The highest BCUT2D eigenvalue weighted by Crippen LogP contribution is 2.30. The third-order valence-corrected chi connectivity index (χ3v) is 2.34. The maximum atomic E-state index is 12.7. The monoisotopic (exact) mass is 194 g/mol. The maximum absolute atomic E-state index is 12.7. The van der Waals surface area contributed by atoms with Crippen molar-refractivity contribution in [2.24, 2.45) is 0 Å². The van der Waals surface area contributed by atoms with Gasteiger partial charge in [0, 0.05) is 5.56 Å². The molecule has 0 aliphatic rings. The van der Waals surface area contributed by atoms with Crippen LogP contribution in [0.5, 0.6) is 0 Å². The summed E-state index contributed by atoms with van der Waals surface area (Å²) in [7, 11) is 0. The Morgan fingerprint density at radius 3 is 2.82 bits per heavy atom. The average molecular weight is 195 g/mol. The highest BCUT2D eigenvalue weighted by atomic mass is 35.5. The lowest BCUT2D eigenvalue weighted by molar-refractivity contribution is -0.143. The molecule has 0 amide bonds. The number of halogens is 2. The largest absolute Gasteiger partial charge is 0.479 e. The van der Waals surface area contributed by atoms with Crippen LogP contribution in [-0.4, -0.2) is 11.1 Å². The van der Waals surface area contributed by atoms with Crippen molar-refractivity contribution in [3.63, 3.8) is 0 Å². The molecule has 0 aliphatic carbocycles. The number of carboxylic acids is 1. The third-order valence-electron chi connectivity index (χ3n) is 1.14. The Bertz CT molecular complexity index is 273. The predicted octanol–water partition coefficient (Wildman–Crippen LogP) is 2.50. The Morgan fingerprint density at radius 2 is 2.45 bits per heavy atom. The van der Waals surface area contributed by atoms with Gasteiger partial charge >= 0.3 is 5.97 Å². The fourth-order valence-corrected chi connectivity index (χ4v) is 1.57. The number of rotatable bonds is 2. The lowest BCUT2D eigenvalue weighted by Crippen LogP contribution is -2.04. The highest BCUT2D eigenvalue weighted by molar-refractivity contribution is 7.14. The van der Waals surface area contributed by atoms with Gasteiger partial charge in [0.2, 0.25) is 6.17 Å². The molecule has 0 aromatic carbocycles. The van der Waals surface area contributed by atoms with Crippen LogP contribution in [0.25, 0.3) is 0 Å². The minimum Gasteiger partial charge on any atom is -0.479 e. The molecule has 1 rings (SSSR count). The van der Waals surface area contributed by atoms with Gasteiger partial charge in [0.15, 0.2) is 0 Å². The molecule has 0 bridgehead atoms. The third kappa shape index (κ3) is 1.70. The number of hydrogen-bond acceptors (Lipinski definition) is 2. The summed E-state index contributed by atoms with van der Waals surface area (Å²) in [4.78, 5) is 10.1. The minimum atomic E-state index is -2.01. The van der Waals surface area contributed by atoms with Gasteiger partial charge < -0.3 is 5.11 Å². The zero-order valence-corrected chi connectivity index (χ0v) is 6.82. The van der Waals surface area contributed by atoms with E-state index in [2.05, 4.69) is 0 Å². The molecule has 0 spiro atoms. The Hall–Kier alpha value is -0.610. The van der Waals surface area contributed by atoms with Gasteiger partial charge in [-0.05, 0) is 11.4 Å². The van der Waals surface area contributed by atoms with Gasteiger partial charge in [0.05, 0.1) is 4.34 Å². The fourth-order valence-electron chi connectivity index (χ4n) is 0.618. The Labute approximate surface area is 71.2 Å². The summed E-state index contributed by atoms with van der Waals surface area (Å²) >= 11 is 6.61. The van der Waals surface area contributed by atoms with Crippen molar-refractivity contribution in [3.05, 3.63) is 21.3 Å². The first kappa shape index (κ1) is 8.49. The normalized spacial score (nSPS) is 12.9. The summed E-state index contributed by atoms with van der Waals surface area (Å²) in [6.07, 6.45) is -2.01. The summed E-state index contributed by atoms with van der Waals surface area (Å²) in [5, 5.41) is 9.80. The molecule has 1 heterocycles. The van der Waals surface area contributed by atoms with E-state index >= 15 is 0 Å². The standard InChI is InChI=1S/C6H4ClFO2S/c7-5-3(1-2-11-5)4(8)6(9)10/h1-2,4H,(H,9,10). The van der Waals surface area contributed by atoms with Crippen molar-refractivity contribution >= 4 is 28.9 Å². The molecule has 5 heteroatoms. The molecule has 1 aromatic rings. The number of alkyl halides is 1. The summed E-state index contributed by atoms with van der Waals surface area (Å²) in [6, 6.07) is 1.37. The van der Waals surface area contributed by atoms with E-state index < -0.39 is 12.1 Å². The van der Waals surface area contributed by atoms with Gasteiger partial charge in [-0.15, -0.1) is 11.3 Å². The Balaban J connectivity index is 2.92. The first-order valence-corrected chi connectivity index (χ1v) is 3.98. The number of aliphatic carboxylic acids is 1. The molecular weight excluding hydrogens is 191 g/mol. The lowest BCUT2D eigenvalue weighted by atomic mass is 10.2. The van der Waals surface area contributed by atoms with E-state index in [0.29, 0.717) is 0 Å². The number of thiophene rings is 1. The zero-order chi connectivity index (χ0) is 8.43. The van der Waals surface area contributed by atoms with E-state index in [1.165, 1.54) is 6.07 Å². The molecule has 2 nitrogen and oxygen atoms in total. The SMILES string of the molecule is O=C(O)C(F)c1ccsc1Cl. The molecule has 0 fully saturated rings. The molecule has 0 radical (unpaired) electrons. The molecule has 0 aliphatic heterocycles. The van der Waals surface area contributed by atoms with Crippen LogP contribution in [0.1, 0.15) is 11.7 Å². The van der Waals surface area contributed by atoms with Crippen LogP contribution >= 0.6 is 22.9 Å². The van der Waals surface area contributed by atoms with Crippen LogP contribution in [0, 0.1) is 0 Å². The van der Waals surface area contributed by atoms with Gasteiger partial charge in [0.1, 0.15) is 0 Å². The molecular formula is C6H4ClFO2S. The van der Waals surface area contributed by atoms with Gasteiger partial charge in [-0.3, -0.25) is 0 Å². The summed E-state index contributed by atoms with van der Waals surface area (Å²) in [6.45, 7) is 0. The van der Waals surface area contributed by atoms with Crippen LogP contribution < -0.4 is 0 Å². The predicted molar refractivity (Wildman–Crippen MR) is 40.8 cm³/mol. The molecule has 1 atom stereocenters. The van der Waals surface area contributed by atoms with Crippen LogP contribution in [-0.2, 0) is 4.79 Å². The van der Waals surface area contributed by atoms with E-state index in [-0.39, 0.29) is 9.90 Å². The average Bonchev–Trinajstić information content (AvgIpc) is 2.33. The first-order chi connectivity index (χ1) is 5.13. The number of hydrogen-bond donors (Lipinski definition) is 1. The fraction of sp³-hybridized carbons (Fsp3) is 0.167. The summed E-state index contributed by atoms with van der Waals surface area (Å²) in [5.74, 6) is -1.51. The maximum Gasteiger partial charge on any atom is 0.343 e.